The van der Waals surface area contributed by atoms with E-state index < -0.39 is 6.17 Å². The largest absolute Gasteiger partial charge is 0.366 e. The molecule has 0 radical (unpaired) electrons. The van der Waals surface area contributed by atoms with Gasteiger partial charge in [0.25, 0.3) is 0 Å². The molecule has 9 rings (SSSR count). The highest BCUT2D eigenvalue weighted by Gasteiger charge is 2.37. The first-order chi connectivity index (χ1) is 26.9. The van der Waals surface area contributed by atoms with Gasteiger partial charge in [0.05, 0.1) is 0 Å². The van der Waals surface area contributed by atoms with Gasteiger partial charge in [-0.1, -0.05) is 190 Å². The minimum absolute atomic E-state index is 0.132. The third-order valence-corrected chi connectivity index (χ3v) is 11.3. The second kappa shape index (κ2) is 14.4. The minimum atomic E-state index is -0.399. The SMILES string of the molecule is CC1(C)c2cc3ccccc3cc2-c2c(-c3ccccc3/C(=C/Cc3cc(-c4ccccc4)cc(-c4ccccc4)c3)NC(N)c3ccccc3)cccc21. The van der Waals surface area contributed by atoms with Gasteiger partial charge in [0.2, 0.25) is 0 Å². The maximum atomic E-state index is 6.98. The number of hydrogen-bond acceptors (Lipinski definition) is 2. The summed E-state index contributed by atoms with van der Waals surface area (Å²) >= 11 is 0. The molecule has 266 valence electrons. The second-order valence-electron chi connectivity index (χ2n) is 15.1. The summed E-state index contributed by atoms with van der Waals surface area (Å²) in [6, 6.07) is 67.7. The molecule has 1 aliphatic carbocycles. The Morgan fingerprint density at radius 3 is 1.76 bits per heavy atom. The normalized spacial score (nSPS) is 13.6. The average molecular weight is 709 g/mol. The number of hydrogen-bond donors (Lipinski definition) is 2. The van der Waals surface area contributed by atoms with Gasteiger partial charge in [-0.2, -0.15) is 0 Å². The lowest BCUT2D eigenvalue weighted by atomic mass is 9.81. The molecule has 2 heteroatoms. The maximum Gasteiger partial charge on any atom is 0.101 e. The van der Waals surface area contributed by atoms with Crippen LogP contribution in [-0.4, -0.2) is 0 Å². The summed E-state index contributed by atoms with van der Waals surface area (Å²) in [5, 5.41) is 6.33. The topological polar surface area (TPSA) is 38.0 Å². The van der Waals surface area contributed by atoms with Gasteiger partial charge in [0.15, 0.2) is 0 Å². The van der Waals surface area contributed by atoms with Crippen LogP contribution in [0.4, 0.5) is 0 Å². The van der Waals surface area contributed by atoms with E-state index >= 15 is 0 Å². The van der Waals surface area contributed by atoms with Crippen molar-refractivity contribution in [2.75, 3.05) is 0 Å². The lowest BCUT2D eigenvalue weighted by molar-refractivity contribution is 0.661. The number of benzene rings is 8. The molecule has 0 saturated carbocycles. The molecule has 0 aliphatic heterocycles. The highest BCUT2D eigenvalue weighted by atomic mass is 15.0. The standard InChI is InChI=1S/C53H44N2/c1-53(2)48-28-16-27-46(51(48)47-34-40-23-12-13-24-41(40)35-49(47)53)44-25-14-15-26-45(44)50(55-52(54)39-21-10-5-11-22-39)30-29-36-31-42(37-17-6-3-7-18-37)33-43(32-36)38-19-8-4-9-20-38/h3-28,30-35,52,55H,29,54H2,1-2H3/b50-30-. The molecule has 0 saturated heterocycles. The molecule has 0 spiro atoms. The van der Waals surface area contributed by atoms with Gasteiger partial charge in [-0.3, -0.25) is 0 Å². The Morgan fingerprint density at radius 1 is 0.527 bits per heavy atom. The van der Waals surface area contributed by atoms with Crippen molar-refractivity contribution in [3.05, 3.63) is 222 Å². The van der Waals surface area contributed by atoms with Crippen molar-refractivity contribution in [2.24, 2.45) is 5.73 Å². The average Bonchev–Trinajstić information content (AvgIpc) is 3.47. The lowest BCUT2D eigenvalue weighted by Gasteiger charge is -2.23. The van der Waals surface area contributed by atoms with Gasteiger partial charge in [0, 0.05) is 16.7 Å². The Labute approximate surface area is 324 Å². The van der Waals surface area contributed by atoms with E-state index in [9.17, 15) is 0 Å². The molecule has 0 amide bonds. The fraction of sp³-hybridized carbons (Fsp3) is 0.0943. The first kappa shape index (κ1) is 34.3. The molecule has 0 bridgehead atoms. The van der Waals surface area contributed by atoms with Crippen molar-refractivity contribution in [3.8, 4) is 44.5 Å². The van der Waals surface area contributed by atoms with E-state index in [-0.39, 0.29) is 5.41 Å². The third kappa shape index (κ3) is 6.56. The van der Waals surface area contributed by atoms with Gasteiger partial charge < -0.3 is 11.1 Å². The molecule has 0 fully saturated rings. The smallest absolute Gasteiger partial charge is 0.101 e. The summed E-state index contributed by atoms with van der Waals surface area (Å²) in [5.41, 5.74) is 23.8. The zero-order valence-corrected chi connectivity index (χ0v) is 31.3. The van der Waals surface area contributed by atoms with E-state index in [0.29, 0.717) is 6.42 Å². The monoisotopic (exact) mass is 708 g/mol. The van der Waals surface area contributed by atoms with E-state index in [2.05, 4.69) is 195 Å². The van der Waals surface area contributed by atoms with Crippen LogP contribution in [0, 0.1) is 0 Å². The fourth-order valence-electron chi connectivity index (χ4n) is 8.43. The Bertz CT molecular complexity index is 2620. The summed E-state index contributed by atoms with van der Waals surface area (Å²) in [4.78, 5) is 0. The van der Waals surface area contributed by atoms with Crippen molar-refractivity contribution < 1.29 is 0 Å². The van der Waals surface area contributed by atoms with Crippen molar-refractivity contribution in [1.82, 2.24) is 5.32 Å². The molecule has 0 aromatic heterocycles. The van der Waals surface area contributed by atoms with Gasteiger partial charge in [0.1, 0.15) is 6.17 Å². The molecule has 1 aliphatic rings. The highest BCUT2D eigenvalue weighted by molar-refractivity contribution is 6.00. The van der Waals surface area contributed by atoms with Crippen LogP contribution < -0.4 is 11.1 Å². The van der Waals surface area contributed by atoms with Gasteiger partial charge in [-0.15, -0.1) is 0 Å². The van der Waals surface area contributed by atoms with Crippen molar-refractivity contribution in [2.45, 2.75) is 31.8 Å². The van der Waals surface area contributed by atoms with Crippen LogP contribution >= 0.6 is 0 Å². The summed E-state index contributed by atoms with van der Waals surface area (Å²) in [6.07, 6.45) is 2.64. The number of rotatable bonds is 9. The predicted octanol–water partition coefficient (Wildman–Crippen LogP) is 13.0. The zero-order chi connectivity index (χ0) is 37.4. The van der Waals surface area contributed by atoms with Crippen molar-refractivity contribution in [3.63, 3.8) is 0 Å². The number of nitrogens with two attached hydrogens (primary N) is 1. The van der Waals surface area contributed by atoms with Crippen LogP contribution in [0.3, 0.4) is 0 Å². The predicted molar refractivity (Wildman–Crippen MR) is 232 cm³/mol. The van der Waals surface area contributed by atoms with Gasteiger partial charge in [-0.05, 0) is 102 Å². The lowest BCUT2D eigenvalue weighted by Crippen LogP contribution is -2.27. The first-order valence-corrected chi connectivity index (χ1v) is 19.2. The Kier molecular flexibility index (Phi) is 8.98. The summed E-state index contributed by atoms with van der Waals surface area (Å²) in [6.45, 7) is 4.72. The Balaban J connectivity index is 1.19. The molecule has 55 heavy (non-hydrogen) atoms. The minimum Gasteiger partial charge on any atom is -0.366 e. The van der Waals surface area contributed by atoms with E-state index in [0.717, 1.165) is 16.8 Å². The van der Waals surface area contributed by atoms with Gasteiger partial charge in [-0.25, -0.2) is 0 Å². The number of allylic oxidation sites excluding steroid dienone is 1. The molecular formula is C53H44N2. The van der Waals surface area contributed by atoms with E-state index in [1.165, 1.54) is 72.0 Å². The van der Waals surface area contributed by atoms with Crippen LogP contribution in [0.1, 0.15) is 47.8 Å². The molecule has 0 heterocycles. The molecule has 3 N–H and O–H groups in total. The van der Waals surface area contributed by atoms with E-state index in [1.54, 1.807) is 0 Å². The molecule has 2 nitrogen and oxygen atoms in total. The summed E-state index contributed by atoms with van der Waals surface area (Å²) in [7, 11) is 0. The van der Waals surface area contributed by atoms with Crippen LogP contribution in [0.25, 0.3) is 61.0 Å². The van der Waals surface area contributed by atoms with Crippen molar-refractivity contribution in [1.29, 1.82) is 0 Å². The van der Waals surface area contributed by atoms with Crippen molar-refractivity contribution >= 4 is 16.5 Å². The van der Waals surface area contributed by atoms with Crippen LogP contribution in [0.15, 0.2) is 194 Å². The van der Waals surface area contributed by atoms with E-state index in [1.807, 2.05) is 18.2 Å². The highest BCUT2D eigenvalue weighted by Crippen LogP contribution is 2.53. The molecule has 1 atom stereocenters. The quantitative estimate of drug-likeness (QED) is 0.147. The van der Waals surface area contributed by atoms with Crippen LogP contribution in [-0.2, 0) is 11.8 Å². The molecule has 8 aromatic rings. The van der Waals surface area contributed by atoms with Gasteiger partial charge >= 0.3 is 0 Å². The molecule has 1 unspecified atom stereocenters. The Morgan fingerprint density at radius 2 is 1.09 bits per heavy atom. The maximum absolute atomic E-state index is 6.98. The number of nitrogens with one attached hydrogen (secondary N) is 1. The van der Waals surface area contributed by atoms with E-state index in [4.69, 9.17) is 5.73 Å². The summed E-state index contributed by atoms with van der Waals surface area (Å²) in [5.74, 6) is 0. The zero-order valence-electron chi connectivity index (χ0n) is 31.3. The molecule has 8 aromatic carbocycles. The Hall–Kier alpha value is -6.48. The first-order valence-electron chi connectivity index (χ1n) is 19.2. The second-order valence-corrected chi connectivity index (χ2v) is 15.1. The summed E-state index contributed by atoms with van der Waals surface area (Å²) < 4.78 is 0. The third-order valence-electron chi connectivity index (χ3n) is 11.3. The molecular weight excluding hydrogens is 665 g/mol. The number of fused-ring (bicyclic) bond motifs is 4. The fourth-order valence-corrected chi connectivity index (χ4v) is 8.43. The van der Waals surface area contributed by atoms with Crippen LogP contribution in [0.2, 0.25) is 0 Å². The van der Waals surface area contributed by atoms with Crippen LogP contribution in [0.5, 0.6) is 0 Å².